The van der Waals surface area contributed by atoms with E-state index in [1.165, 1.54) is 14.2 Å². The molecule has 3 aromatic carbocycles. The maximum atomic E-state index is 13.9. The van der Waals surface area contributed by atoms with Gasteiger partial charge in [0, 0.05) is 12.7 Å². The quantitative estimate of drug-likeness (QED) is 0.0974. The van der Waals surface area contributed by atoms with Crippen LogP contribution in [-0.2, 0) is 19.1 Å². The third-order valence-electron chi connectivity index (χ3n) is 11.8. The van der Waals surface area contributed by atoms with Crippen LogP contribution in [-0.4, -0.2) is 101 Å². The normalized spacial score (nSPS) is 18.5. The monoisotopic (exact) mass is 832 g/mol. The maximum Gasteiger partial charge on any atom is 0.407 e. The van der Waals surface area contributed by atoms with Gasteiger partial charge in [0.2, 0.25) is 11.8 Å². The van der Waals surface area contributed by atoms with Crippen molar-refractivity contribution in [3.63, 3.8) is 0 Å². The van der Waals surface area contributed by atoms with Crippen molar-refractivity contribution in [2.24, 2.45) is 11.8 Å². The van der Waals surface area contributed by atoms with Crippen molar-refractivity contribution in [1.29, 1.82) is 0 Å². The van der Waals surface area contributed by atoms with Crippen LogP contribution in [0.25, 0.3) is 44.5 Å². The number of likely N-dealkylation sites (tertiary alicyclic amines) is 1. The van der Waals surface area contributed by atoms with Gasteiger partial charge in [-0.2, -0.15) is 0 Å². The van der Waals surface area contributed by atoms with Crippen molar-refractivity contribution in [3.05, 3.63) is 84.6 Å². The molecule has 0 saturated carbocycles. The molecule has 2 aliphatic rings. The molecular formula is C45H56N8O6Si. The number of hydrogen-bond acceptors (Lipinski definition) is 8. The smallest absolute Gasteiger partial charge is 0.407 e. The van der Waals surface area contributed by atoms with Crippen molar-refractivity contribution in [2.75, 3.05) is 26.9 Å². The van der Waals surface area contributed by atoms with E-state index in [2.05, 4.69) is 94.4 Å². The highest BCUT2D eigenvalue weighted by Gasteiger charge is 2.46. The number of carbonyl (C=O) groups excluding carboxylic acids is 4. The lowest BCUT2D eigenvalue weighted by molar-refractivity contribution is -0.136. The molecule has 5 aromatic rings. The molecule has 15 heteroatoms. The molecule has 4 amide bonds. The Balaban J connectivity index is 1.03. The number of nitrogens with one attached hydrogen (secondary N) is 4. The molecule has 0 unspecified atom stereocenters. The fraction of sp³-hybridized carbons (Fsp3) is 0.422. The number of alkyl carbamates (subject to hydrolysis) is 2. The first kappa shape index (κ1) is 42.2. The minimum Gasteiger partial charge on any atom is -0.453 e. The van der Waals surface area contributed by atoms with E-state index >= 15 is 0 Å². The van der Waals surface area contributed by atoms with Crippen molar-refractivity contribution in [3.8, 4) is 33.5 Å². The van der Waals surface area contributed by atoms with Gasteiger partial charge in [-0.3, -0.25) is 9.59 Å². The number of hydrogen-bond donors (Lipinski definition) is 4. The Morgan fingerprint density at radius 3 is 1.82 bits per heavy atom. The minimum atomic E-state index is -1.74. The highest BCUT2D eigenvalue weighted by molar-refractivity contribution is 6.78. The molecule has 0 radical (unpaired) electrons. The second-order valence-corrected chi connectivity index (χ2v) is 22.5. The molecule has 2 aliphatic heterocycles. The minimum absolute atomic E-state index is 0.106. The highest BCUT2D eigenvalue weighted by atomic mass is 28.3. The number of ether oxygens (including phenoxy) is 2. The Labute approximate surface area is 351 Å². The number of aromatic nitrogens is 4. The first-order valence-corrected chi connectivity index (χ1v) is 24.1. The molecule has 316 valence electrons. The average Bonchev–Trinajstić information content (AvgIpc) is 4.06. The second kappa shape index (κ2) is 17.3. The van der Waals surface area contributed by atoms with Crippen LogP contribution in [0.5, 0.6) is 0 Å². The maximum absolute atomic E-state index is 13.9. The topological polar surface area (TPSA) is 175 Å². The van der Waals surface area contributed by atoms with E-state index in [4.69, 9.17) is 19.4 Å². The molecule has 0 spiro atoms. The number of H-pyrrole nitrogens is 2. The Morgan fingerprint density at radius 1 is 0.717 bits per heavy atom. The molecule has 2 saturated heterocycles. The zero-order chi connectivity index (χ0) is 42.9. The van der Waals surface area contributed by atoms with Crippen molar-refractivity contribution >= 4 is 43.1 Å². The number of amides is 4. The Morgan fingerprint density at radius 2 is 1.25 bits per heavy atom. The Hall–Kier alpha value is -5.96. The summed E-state index contributed by atoms with van der Waals surface area (Å²) in [6.07, 6.45) is 2.91. The van der Waals surface area contributed by atoms with E-state index < -0.39 is 32.3 Å². The molecule has 4 heterocycles. The third-order valence-corrected chi connectivity index (χ3v) is 14.5. The number of methoxy groups -OCH3 is 2. The van der Waals surface area contributed by atoms with E-state index in [-0.39, 0.29) is 35.7 Å². The molecule has 4 N–H and O–H groups in total. The number of imidazole rings is 2. The van der Waals surface area contributed by atoms with Gasteiger partial charge in [-0.05, 0) is 70.7 Å². The summed E-state index contributed by atoms with van der Waals surface area (Å²) in [4.78, 5) is 72.0. The SMILES string of the molecule is COC(=O)N[C@H](C(=O)N1C[Si](C)(C)C[C@H]1c1ncc(-c2ccc(-c3ccc(-c4ccc5nc([C@@H]6CCCN6C(=O)[C@@H](NC(=O)OC)C(C)C)[nH]c5c4)cc3)cc2)[nH]1)C(C)C. The molecule has 60 heavy (non-hydrogen) atoms. The van der Waals surface area contributed by atoms with Gasteiger partial charge in [-0.1, -0.05) is 95.4 Å². The predicted octanol–water partition coefficient (Wildman–Crippen LogP) is 7.84. The van der Waals surface area contributed by atoms with Gasteiger partial charge in [0.1, 0.15) is 23.7 Å². The van der Waals surface area contributed by atoms with Crippen molar-refractivity contribution in [1.82, 2.24) is 40.4 Å². The standard InChI is InChI=1S/C45H56N8O6Si/c1-26(2)38(50-44(56)58-5)42(54)52-21-9-10-36(52)41-47-33-20-19-32(22-34(33)48-41)30-13-11-28(12-14-30)29-15-17-31(18-16-29)35-23-46-40(49-35)37-24-60(7,8)25-53(37)43(55)39(27(3)4)51-45(57)59-6/h11-20,22-23,26-27,36-39H,9-10,21,24-25H2,1-8H3,(H,46,49)(H,47,48)(H,50,56)(H,51,57)/t36-,37-,38-,39-/m0/s1. The second-order valence-electron chi connectivity index (χ2n) is 17.4. The summed E-state index contributed by atoms with van der Waals surface area (Å²) < 4.78 is 9.59. The number of aromatic amines is 2. The molecular weight excluding hydrogens is 777 g/mol. The van der Waals surface area contributed by atoms with Gasteiger partial charge in [-0.25, -0.2) is 19.6 Å². The van der Waals surface area contributed by atoms with Crippen LogP contribution in [0.2, 0.25) is 19.1 Å². The lowest BCUT2D eigenvalue weighted by Crippen LogP contribution is -2.52. The molecule has 0 aliphatic carbocycles. The Kier molecular flexibility index (Phi) is 12.2. The number of nitrogens with zero attached hydrogens (tertiary/aromatic N) is 4. The van der Waals surface area contributed by atoms with E-state index in [9.17, 15) is 19.2 Å². The van der Waals surface area contributed by atoms with E-state index in [1.807, 2.05) is 49.8 Å². The van der Waals surface area contributed by atoms with Crippen LogP contribution in [0.4, 0.5) is 9.59 Å². The molecule has 4 atom stereocenters. The summed E-state index contributed by atoms with van der Waals surface area (Å²) in [5.74, 6) is 1.03. The molecule has 2 fully saturated rings. The first-order valence-electron chi connectivity index (χ1n) is 20.7. The number of benzene rings is 3. The van der Waals surface area contributed by atoms with Crippen molar-refractivity contribution in [2.45, 2.75) is 83.8 Å². The van der Waals surface area contributed by atoms with E-state index in [1.54, 1.807) is 0 Å². The molecule has 7 rings (SSSR count). The number of rotatable bonds is 11. The third kappa shape index (κ3) is 8.81. The fourth-order valence-corrected chi connectivity index (χ4v) is 11.4. The summed E-state index contributed by atoms with van der Waals surface area (Å²) in [5, 5.41) is 5.45. The summed E-state index contributed by atoms with van der Waals surface area (Å²) in [5.41, 5.74) is 7.86. The summed E-state index contributed by atoms with van der Waals surface area (Å²) >= 11 is 0. The summed E-state index contributed by atoms with van der Waals surface area (Å²) in [6.45, 7) is 12.8. The largest absolute Gasteiger partial charge is 0.453 e. The van der Waals surface area contributed by atoms with Gasteiger partial charge in [0.25, 0.3) is 0 Å². The van der Waals surface area contributed by atoms with Crippen LogP contribution < -0.4 is 10.6 Å². The van der Waals surface area contributed by atoms with Gasteiger partial charge < -0.3 is 39.9 Å². The van der Waals surface area contributed by atoms with E-state index in [0.717, 1.165) is 75.1 Å². The number of carbonyl (C=O) groups is 4. The van der Waals surface area contributed by atoms with Crippen LogP contribution in [0.1, 0.15) is 64.3 Å². The lowest BCUT2D eigenvalue weighted by atomic mass is 9.99. The van der Waals surface area contributed by atoms with Gasteiger partial charge in [-0.15, -0.1) is 0 Å². The van der Waals surface area contributed by atoms with Gasteiger partial charge in [0.15, 0.2) is 0 Å². The average molecular weight is 833 g/mol. The van der Waals surface area contributed by atoms with Crippen LogP contribution in [0, 0.1) is 11.8 Å². The summed E-state index contributed by atoms with van der Waals surface area (Å²) in [7, 11) is 0.852. The fourth-order valence-electron chi connectivity index (χ4n) is 8.53. The molecule has 2 aromatic heterocycles. The first-order chi connectivity index (χ1) is 28.7. The van der Waals surface area contributed by atoms with Crippen LogP contribution in [0.3, 0.4) is 0 Å². The van der Waals surface area contributed by atoms with Crippen molar-refractivity contribution < 1.29 is 28.7 Å². The highest BCUT2D eigenvalue weighted by Crippen LogP contribution is 2.39. The predicted molar refractivity (Wildman–Crippen MR) is 233 cm³/mol. The lowest BCUT2D eigenvalue weighted by Gasteiger charge is -2.30. The number of fused-ring (bicyclic) bond motifs is 1. The van der Waals surface area contributed by atoms with Gasteiger partial charge in [0.05, 0.1) is 57.3 Å². The molecule has 14 nitrogen and oxygen atoms in total. The van der Waals surface area contributed by atoms with E-state index in [0.29, 0.717) is 12.7 Å². The molecule has 0 bridgehead atoms. The summed E-state index contributed by atoms with van der Waals surface area (Å²) in [6, 6.07) is 22.1. The van der Waals surface area contributed by atoms with Crippen LogP contribution >= 0.6 is 0 Å². The van der Waals surface area contributed by atoms with Crippen LogP contribution in [0.15, 0.2) is 72.9 Å². The Bertz CT molecular complexity index is 2350. The zero-order valence-electron chi connectivity index (χ0n) is 35.7. The zero-order valence-corrected chi connectivity index (χ0v) is 36.7. The van der Waals surface area contributed by atoms with Gasteiger partial charge >= 0.3 is 12.2 Å².